The van der Waals surface area contributed by atoms with Crippen LogP contribution in [0.3, 0.4) is 0 Å². The highest BCUT2D eigenvalue weighted by Crippen LogP contribution is 2.20. The molecule has 28 heavy (non-hydrogen) atoms. The number of aliphatic hydroxyl groups excluding tert-OH is 3. The molecular weight excluding hydrogens is 358 g/mol. The Labute approximate surface area is 163 Å². The van der Waals surface area contributed by atoms with Crippen LogP contribution in [-0.2, 0) is 6.54 Å². The fourth-order valence-corrected chi connectivity index (χ4v) is 2.78. The van der Waals surface area contributed by atoms with Gasteiger partial charge in [0.1, 0.15) is 17.7 Å². The summed E-state index contributed by atoms with van der Waals surface area (Å²) in [7, 11) is 0. The van der Waals surface area contributed by atoms with Gasteiger partial charge in [-0.3, -0.25) is 10.7 Å². The molecule has 0 saturated carbocycles. The highest BCUT2D eigenvalue weighted by molar-refractivity contribution is 6.70. The highest BCUT2D eigenvalue weighted by Gasteiger charge is 2.28. The molecule has 8 nitrogen and oxygen atoms in total. The standard InChI is InChI=1S/C20H23N5O3/c21-19-18(17(13-27)24-25(19)12-14-4-2-1-3-5-14)23-16-8-6-15(7-9-16)20(28)22-10-11-26/h1-9,20-22,26-28H,10-13H2. The van der Waals surface area contributed by atoms with Gasteiger partial charge >= 0.3 is 0 Å². The van der Waals surface area contributed by atoms with E-state index in [4.69, 9.17) is 10.5 Å². The molecule has 1 aliphatic rings. The van der Waals surface area contributed by atoms with Crippen molar-refractivity contribution in [1.82, 2.24) is 10.3 Å². The fraction of sp³-hybridized carbons (Fsp3) is 0.250. The molecule has 3 rings (SSSR count). The fourth-order valence-electron chi connectivity index (χ4n) is 2.78. The predicted octanol–water partition coefficient (Wildman–Crippen LogP) is 1.17. The van der Waals surface area contributed by atoms with E-state index in [9.17, 15) is 10.2 Å². The van der Waals surface area contributed by atoms with Gasteiger partial charge in [-0.05, 0) is 23.3 Å². The normalized spacial score (nSPS) is 16.5. The van der Waals surface area contributed by atoms with Crippen molar-refractivity contribution in [2.75, 3.05) is 19.8 Å². The number of hydrogen-bond donors (Lipinski definition) is 5. The second-order valence-electron chi connectivity index (χ2n) is 6.23. The average molecular weight is 381 g/mol. The third-order valence-electron chi connectivity index (χ3n) is 4.22. The summed E-state index contributed by atoms with van der Waals surface area (Å²) in [5, 5.41) is 45.4. The molecule has 0 saturated heterocycles. The molecule has 1 aliphatic heterocycles. The van der Waals surface area contributed by atoms with E-state index in [1.165, 1.54) is 5.01 Å². The molecule has 0 radical (unpaired) electrons. The molecule has 0 amide bonds. The zero-order valence-electron chi connectivity index (χ0n) is 15.3. The number of hydrogen-bond acceptors (Lipinski definition) is 7. The van der Waals surface area contributed by atoms with Crippen molar-refractivity contribution in [2.45, 2.75) is 12.8 Å². The summed E-state index contributed by atoms with van der Waals surface area (Å²) in [6.07, 6.45) is -0.880. The molecule has 8 heteroatoms. The Morgan fingerprint density at radius 2 is 1.79 bits per heavy atom. The molecule has 2 aromatic rings. The first-order valence-electron chi connectivity index (χ1n) is 8.92. The van der Waals surface area contributed by atoms with Gasteiger partial charge in [0.15, 0.2) is 5.84 Å². The van der Waals surface area contributed by atoms with E-state index >= 15 is 0 Å². The van der Waals surface area contributed by atoms with Crippen molar-refractivity contribution in [3.63, 3.8) is 0 Å². The van der Waals surface area contributed by atoms with Crippen LogP contribution in [0.2, 0.25) is 0 Å². The first kappa shape index (κ1) is 19.8. The Hall–Kier alpha value is -2.91. The Balaban J connectivity index is 1.75. The maximum atomic E-state index is 9.97. The van der Waals surface area contributed by atoms with E-state index in [2.05, 4.69) is 15.4 Å². The smallest absolute Gasteiger partial charge is 0.170 e. The molecule has 1 unspecified atom stereocenters. The van der Waals surface area contributed by atoms with Crippen LogP contribution in [-0.4, -0.2) is 57.3 Å². The van der Waals surface area contributed by atoms with Gasteiger partial charge in [0.25, 0.3) is 0 Å². The molecule has 0 fully saturated rings. The summed E-state index contributed by atoms with van der Waals surface area (Å²) < 4.78 is 0. The highest BCUT2D eigenvalue weighted by atomic mass is 16.3. The van der Waals surface area contributed by atoms with Gasteiger partial charge in [-0.25, -0.2) is 10.0 Å². The maximum Gasteiger partial charge on any atom is 0.170 e. The number of nitrogens with one attached hydrogen (secondary N) is 2. The minimum absolute atomic E-state index is 0.0618. The summed E-state index contributed by atoms with van der Waals surface area (Å²) in [6, 6.07) is 16.5. The van der Waals surface area contributed by atoms with Crippen LogP contribution in [0, 0.1) is 5.41 Å². The SMILES string of the molecule is N=C1C(=Nc2ccc(C(O)NCCO)cc2)C(CO)=NN1Cc1ccccc1. The summed E-state index contributed by atoms with van der Waals surface area (Å²) in [4.78, 5) is 4.46. The van der Waals surface area contributed by atoms with Crippen LogP contribution in [0.5, 0.6) is 0 Å². The van der Waals surface area contributed by atoms with Crippen molar-refractivity contribution in [1.29, 1.82) is 5.41 Å². The maximum absolute atomic E-state index is 9.97. The van der Waals surface area contributed by atoms with Crippen LogP contribution in [0.15, 0.2) is 64.7 Å². The molecule has 146 valence electrons. The van der Waals surface area contributed by atoms with Crippen LogP contribution in [0.4, 0.5) is 5.69 Å². The lowest BCUT2D eigenvalue weighted by Gasteiger charge is -2.14. The molecule has 2 aromatic carbocycles. The largest absolute Gasteiger partial charge is 0.395 e. The van der Waals surface area contributed by atoms with Crippen molar-refractivity contribution in [3.05, 3.63) is 65.7 Å². The third kappa shape index (κ3) is 4.68. The molecule has 1 heterocycles. The minimum atomic E-state index is -0.880. The van der Waals surface area contributed by atoms with Crippen LogP contribution in [0.25, 0.3) is 0 Å². The van der Waals surface area contributed by atoms with Gasteiger partial charge in [-0.2, -0.15) is 5.10 Å². The van der Waals surface area contributed by atoms with Gasteiger partial charge in [0.2, 0.25) is 0 Å². The topological polar surface area (TPSA) is 125 Å². The van der Waals surface area contributed by atoms with E-state index in [0.717, 1.165) is 5.56 Å². The Kier molecular flexibility index (Phi) is 6.62. The molecule has 0 spiro atoms. The van der Waals surface area contributed by atoms with Gasteiger partial charge in [0.05, 0.1) is 25.4 Å². The lowest BCUT2D eigenvalue weighted by atomic mass is 10.1. The third-order valence-corrected chi connectivity index (χ3v) is 4.22. The van der Waals surface area contributed by atoms with E-state index in [1.807, 2.05) is 30.3 Å². The summed E-state index contributed by atoms with van der Waals surface area (Å²) in [5.41, 5.74) is 2.89. The second-order valence-corrected chi connectivity index (χ2v) is 6.23. The van der Waals surface area contributed by atoms with E-state index in [1.54, 1.807) is 24.3 Å². The molecule has 0 aromatic heterocycles. The summed E-state index contributed by atoms with van der Waals surface area (Å²) >= 11 is 0. The number of aliphatic hydroxyl groups is 3. The number of amidine groups is 1. The van der Waals surface area contributed by atoms with Crippen LogP contribution in [0.1, 0.15) is 17.4 Å². The van der Waals surface area contributed by atoms with E-state index < -0.39 is 6.23 Å². The average Bonchev–Trinajstić information content (AvgIpc) is 3.02. The van der Waals surface area contributed by atoms with Crippen LogP contribution < -0.4 is 5.32 Å². The Morgan fingerprint density at radius 3 is 2.43 bits per heavy atom. The summed E-state index contributed by atoms with van der Waals surface area (Å²) in [6.45, 7) is 0.335. The second kappa shape index (κ2) is 9.34. The van der Waals surface area contributed by atoms with Gasteiger partial charge in [-0.1, -0.05) is 42.5 Å². The Morgan fingerprint density at radius 1 is 1.07 bits per heavy atom. The Bertz CT molecular complexity index is 865. The van der Waals surface area contributed by atoms with E-state index in [0.29, 0.717) is 29.2 Å². The van der Waals surface area contributed by atoms with Crippen molar-refractivity contribution >= 4 is 22.9 Å². The van der Waals surface area contributed by atoms with Gasteiger partial charge in [-0.15, -0.1) is 0 Å². The zero-order chi connectivity index (χ0) is 19.9. The molecule has 5 N–H and O–H groups in total. The number of nitrogens with zero attached hydrogens (tertiary/aromatic N) is 3. The van der Waals surface area contributed by atoms with Crippen molar-refractivity contribution in [2.24, 2.45) is 10.1 Å². The lowest BCUT2D eigenvalue weighted by Crippen LogP contribution is -2.27. The monoisotopic (exact) mass is 381 g/mol. The first-order chi connectivity index (χ1) is 13.6. The number of rotatable bonds is 8. The first-order valence-corrected chi connectivity index (χ1v) is 8.92. The number of hydrazone groups is 1. The predicted molar refractivity (Wildman–Crippen MR) is 108 cm³/mol. The molecule has 0 aliphatic carbocycles. The molecule has 0 bridgehead atoms. The van der Waals surface area contributed by atoms with Crippen molar-refractivity contribution in [3.8, 4) is 0 Å². The quantitative estimate of drug-likeness (QED) is 0.439. The minimum Gasteiger partial charge on any atom is -0.395 e. The molecule has 1 atom stereocenters. The summed E-state index contributed by atoms with van der Waals surface area (Å²) in [5.74, 6) is 0.127. The molecular formula is C20H23N5O3. The van der Waals surface area contributed by atoms with E-state index in [-0.39, 0.29) is 25.6 Å². The lowest BCUT2D eigenvalue weighted by molar-refractivity contribution is 0.129. The van der Waals surface area contributed by atoms with Gasteiger partial charge in [0, 0.05) is 6.54 Å². The number of aliphatic imine (C=N–C) groups is 1. The van der Waals surface area contributed by atoms with Crippen molar-refractivity contribution < 1.29 is 15.3 Å². The zero-order valence-corrected chi connectivity index (χ0v) is 15.3. The number of benzene rings is 2. The van der Waals surface area contributed by atoms with Gasteiger partial charge < -0.3 is 15.3 Å². The van der Waals surface area contributed by atoms with Crippen LogP contribution >= 0.6 is 0 Å².